The zero-order valence-electron chi connectivity index (χ0n) is 35.8. The number of aryl methyl sites for hydroxylation is 1. The molecule has 5 aromatic carbocycles. The summed E-state index contributed by atoms with van der Waals surface area (Å²) in [5.74, 6) is -0.893. The van der Waals surface area contributed by atoms with E-state index in [1.165, 1.54) is 12.0 Å². The van der Waals surface area contributed by atoms with Gasteiger partial charge in [0, 0.05) is 52.4 Å². The number of ketones is 3. The van der Waals surface area contributed by atoms with E-state index in [-0.39, 0.29) is 58.4 Å². The first-order chi connectivity index (χ1) is 30.3. The Morgan fingerprint density at radius 1 is 0.635 bits per heavy atom. The van der Waals surface area contributed by atoms with E-state index >= 15 is 0 Å². The summed E-state index contributed by atoms with van der Waals surface area (Å²) in [5.41, 5.74) is 6.80. The number of hydrogen-bond acceptors (Lipinski definition) is 7. The SMILES string of the molecule is C=C(C)C(=O)N(Cc1ccccc1)c1ccc(OC)c2c1C(=O)c1ccccc1C2=O.C=C(C)C(=O)N(c1ccc2c3c(cc(=O)n2C)-c2ccccc2C(=O)c13)C1CCCCC1. The summed E-state index contributed by atoms with van der Waals surface area (Å²) in [5, 5.41) is 0.739. The van der Waals surface area contributed by atoms with Crippen molar-refractivity contribution in [2.24, 2.45) is 7.05 Å². The van der Waals surface area contributed by atoms with E-state index in [2.05, 4.69) is 13.2 Å². The number of hydrogen-bond donors (Lipinski definition) is 0. The fraction of sp³-hybridized carbons (Fsp3) is 0.208. The van der Waals surface area contributed by atoms with Crippen molar-refractivity contribution >= 4 is 51.4 Å². The van der Waals surface area contributed by atoms with Gasteiger partial charge in [0.2, 0.25) is 0 Å². The third kappa shape index (κ3) is 7.41. The Hall–Kier alpha value is -7.46. The molecule has 0 spiro atoms. The van der Waals surface area contributed by atoms with E-state index in [0.29, 0.717) is 56.0 Å². The van der Waals surface area contributed by atoms with Crippen LogP contribution in [0.1, 0.15) is 99.3 Å². The van der Waals surface area contributed by atoms with Crippen molar-refractivity contribution in [1.82, 2.24) is 4.57 Å². The molecule has 1 heterocycles. The molecule has 63 heavy (non-hydrogen) atoms. The maximum atomic E-state index is 13.8. The molecule has 10 heteroatoms. The fourth-order valence-electron chi connectivity index (χ4n) is 9.09. The highest BCUT2D eigenvalue weighted by Crippen LogP contribution is 2.44. The molecule has 0 radical (unpaired) electrons. The van der Waals surface area contributed by atoms with Gasteiger partial charge in [0.1, 0.15) is 5.75 Å². The topological polar surface area (TPSA) is 123 Å². The highest BCUT2D eigenvalue weighted by molar-refractivity contribution is 6.32. The van der Waals surface area contributed by atoms with Crippen LogP contribution < -0.4 is 20.1 Å². The van der Waals surface area contributed by atoms with Crippen LogP contribution in [0.3, 0.4) is 0 Å². The summed E-state index contributed by atoms with van der Waals surface area (Å²) in [4.78, 5) is 83.2. The Labute approximate surface area is 365 Å². The molecule has 0 saturated heterocycles. The largest absolute Gasteiger partial charge is 0.496 e. The number of rotatable bonds is 8. The number of benzene rings is 5. The number of aromatic nitrogens is 1. The van der Waals surface area contributed by atoms with Crippen LogP contribution in [0.15, 0.2) is 138 Å². The van der Waals surface area contributed by atoms with Crippen LogP contribution in [0, 0.1) is 0 Å². The van der Waals surface area contributed by atoms with Gasteiger partial charge in [-0.1, -0.05) is 111 Å². The maximum Gasteiger partial charge on any atom is 0.253 e. The third-order valence-electron chi connectivity index (χ3n) is 12.2. The summed E-state index contributed by atoms with van der Waals surface area (Å²) in [6.45, 7) is 11.3. The standard InChI is InChI=1S/C27H26N2O3.C26H21NO4/c1-16(2)27(32)29(17-9-5-4-6-10-17)22-14-13-21-24-20(15-23(30)28(21)3)18-11-7-8-12-19(18)26(31)25(22)24;1-16(2)26(30)27(15-17-9-5-4-6-10-17)20-13-14-21(31-3)23-22(20)24(28)18-11-7-8-12-19(18)25(23)29/h7-8,11-15,17H,1,4-6,9-10H2,2-3H3;4-14H,1,15H2,2-3H3. The molecule has 0 unspecified atom stereocenters. The van der Waals surface area contributed by atoms with Gasteiger partial charge in [0.25, 0.3) is 17.4 Å². The lowest BCUT2D eigenvalue weighted by Crippen LogP contribution is -2.43. The monoisotopic (exact) mass is 837 g/mol. The second-order valence-electron chi connectivity index (χ2n) is 16.3. The normalized spacial score (nSPS) is 13.8. The molecule has 10 nitrogen and oxygen atoms in total. The van der Waals surface area contributed by atoms with Gasteiger partial charge in [-0.3, -0.25) is 28.8 Å². The molecule has 0 bridgehead atoms. The van der Waals surface area contributed by atoms with E-state index in [9.17, 15) is 28.8 Å². The molecule has 3 aliphatic rings. The molecule has 2 amide bonds. The number of ether oxygens (including phenoxy) is 1. The molecule has 3 aliphatic carbocycles. The maximum absolute atomic E-state index is 13.8. The Balaban J connectivity index is 0.000000173. The molecule has 316 valence electrons. The first kappa shape index (κ1) is 42.2. The average molecular weight is 838 g/mol. The van der Waals surface area contributed by atoms with Crippen LogP contribution in [0.4, 0.5) is 11.4 Å². The van der Waals surface area contributed by atoms with E-state index in [1.54, 1.807) is 78.9 Å². The lowest BCUT2D eigenvalue weighted by molar-refractivity contribution is -0.116. The highest BCUT2D eigenvalue weighted by Gasteiger charge is 2.38. The van der Waals surface area contributed by atoms with E-state index in [4.69, 9.17) is 4.74 Å². The van der Waals surface area contributed by atoms with Crippen LogP contribution in [0.25, 0.3) is 22.0 Å². The molecule has 1 fully saturated rings. The molecular formula is C53H47N3O7. The van der Waals surface area contributed by atoms with Gasteiger partial charge in [-0.15, -0.1) is 0 Å². The molecule has 0 atom stereocenters. The van der Waals surface area contributed by atoms with E-state index < -0.39 is 0 Å². The van der Waals surface area contributed by atoms with Crippen molar-refractivity contribution in [3.63, 3.8) is 0 Å². The van der Waals surface area contributed by atoms with Crippen molar-refractivity contribution in [2.75, 3.05) is 16.9 Å². The van der Waals surface area contributed by atoms with E-state index in [0.717, 1.165) is 54.2 Å². The van der Waals surface area contributed by atoms with Gasteiger partial charge < -0.3 is 19.1 Å². The molecule has 0 N–H and O–H groups in total. The van der Waals surface area contributed by atoms with Crippen molar-refractivity contribution in [2.45, 2.75) is 58.5 Å². The summed E-state index contributed by atoms with van der Waals surface area (Å²) in [6.07, 6.45) is 5.09. The molecule has 1 aromatic heterocycles. The molecule has 9 rings (SSSR count). The number of pyridine rings is 1. The van der Waals surface area contributed by atoms with Crippen molar-refractivity contribution in [1.29, 1.82) is 0 Å². The van der Waals surface area contributed by atoms with Gasteiger partial charge in [-0.2, -0.15) is 0 Å². The Morgan fingerprint density at radius 3 is 1.78 bits per heavy atom. The number of anilines is 2. The predicted octanol–water partition coefficient (Wildman–Crippen LogP) is 9.57. The molecule has 1 saturated carbocycles. The summed E-state index contributed by atoms with van der Waals surface area (Å²) in [6, 6.07) is 32.2. The smallest absolute Gasteiger partial charge is 0.253 e. The molecule has 6 aromatic rings. The number of fused-ring (bicyclic) bond motifs is 4. The average Bonchev–Trinajstić information content (AvgIpc) is 3.30. The van der Waals surface area contributed by atoms with Crippen LogP contribution in [0.5, 0.6) is 5.75 Å². The Kier molecular flexibility index (Phi) is 11.5. The van der Waals surface area contributed by atoms with Crippen molar-refractivity contribution in [3.8, 4) is 16.9 Å². The quantitative estimate of drug-likeness (QED) is 0.140. The van der Waals surface area contributed by atoms with Gasteiger partial charge >= 0.3 is 0 Å². The first-order valence-electron chi connectivity index (χ1n) is 21.0. The number of amides is 2. The van der Waals surface area contributed by atoms with Crippen LogP contribution in [0.2, 0.25) is 0 Å². The number of carbonyl (C=O) groups is 5. The number of carbonyl (C=O) groups excluding carboxylic acids is 5. The number of methoxy groups -OCH3 is 1. The van der Waals surface area contributed by atoms with E-state index in [1.807, 2.05) is 60.7 Å². The minimum absolute atomic E-state index is 0.0302. The zero-order valence-corrected chi connectivity index (χ0v) is 35.8. The second-order valence-corrected chi connectivity index (χ2v) is 16.3. The Morgan fingerprint density at radius 2 is 1.17 bits per heavy atom. The lowest BCUT2D eigenvalue weighted by atomic mass is 9.82. The fourth-order valence-corrected chi connectivity index (χ4v) is 9.09. The molecular weight excluding hydrogens is 791 g/mol. The van der Waals surface area contributed by atoms with Gasteiger partial charge in [-0.25, -0.2) is 0 Å². The van der Waals surface area contributed by atoms with Crippen molar-refractivity contribution < 1.29 is 28.7 Å². The van der Waals surface area contributed by atoms with Gasteiger partial charge in [0.05, 0.1) is 47.2 Å². The summed E-state index contributed by atoms with van der Waals surface area (Å²) >= 11 is 0. The van der Waals surface area contributed by atoms with Crippen LogP contribution >= 0.6 is 0 Å². The summed E-state index contributed by atoms with van der Waals surface area (Å²) in [7, 11) is 3.17. The van der Waals surface area contributed by atoms with Gasteiger partial charge in [-0.05, 0) is 67.6 Å². The van der Waals surface area contributed by atoms with Crippen molar-refractivity contribution in [3.05, 3.63) is 183 Å². The minimum atomic E-state index is -0.324. The predicted molar refractivity (Wildman–Crippen MR) is 246 cm³/mol. The molecule has 0 aliphatic heterocycles. The third-order valence-corrected chi connectivity index (χ3v) is 12.2. The zero-order chi connectivity index (χ0) is 44.7. The minimum Gasteiger partial charge on any atom is -0.496 e. The lowest BCUT2D eigenvalue weighted by Gasteiger charge is -2.36. The number of nitrogens with zero attached hydrogens (tertiary/aromatic N) is 3. The summed E-state index contributed by atoms with van der Waals surface area (Å²) < 4.78 is 6.98. The highest BCUT2D eigenvalue weighted by atomic mass is 16.5. The van der Waals surface area contributed by atoms with Crippen LogP contribution in [-0.4, -0.2) is 46.9 Å². The Bertz CT molecular complexity index is 2990. The van der Waals surface area contributed by atoms with Crippen LogP contribution in [-0.2, 0) is 23.2 Å². The van der Waals surface area contributed by atoms with Gasteiger partial charge in [0.15, 0.2) is 17.3 Å². The first-order valence-corrected chi connectivity index (χ1v) is 21.0. The second kappa shape index (κ2) is 17.1.